The van der Waals surface area contributed by atoms with Crippen molar-refractivity contribution in [1.29, 1.82) is 0 Å². The Kier molecular flexibility index (Phi) is 3.61. The normalized spacial score (nSPS) is 14.0. The van der Waals surface area contributed by atoms with Crippen LogP contribution < -0.4 is 10.6 Å². The fourth-order valence-corrected chi connectivity index (χ4v) is 1.64. The molecule has 1 atom stereocenters. The van der Waals surface area contributed by atoms with E-state index in [-0.39, 0.29) is 11.6 Å². The third kappa shape index (κ3) is 2.30. The quantitative estimate of drug-likeness (QED) is 0.757. The number of hydrogen-bond donors (Lipinski definition) is 2. The van der Waals surface area contributed by atoms with Crippen LogP contribution in [0.3, 0.4) is 0 Å². The number of nitrogens with zero attached hydrogens (tertiary/aromatic N) is 1. The van der Waals surface area contributed by atoms with Gasteiger partial charge < -0.3 is 10.6 Å². The molecule has 1 heterocycles. The Morgan fingerprint density at radius 2 is 1.79 bits per heavy atom. The zero-order chi connectivity index (χ0) is 10.6. The van der Waals surface area contributed by atoms with Crippen LogP contribution in [0.5, 0.6) is 0 Å². The van der Waals surface area contributed by atoms with Crippen molar-refractivity contribution in [3.8, 4) is 0 Å². The van der Waals surface area contributed by atoms with Gasteiger partial charge in [-0.25, -0.2) is 0 Å². The van der Waals surface area contributed by atoms with Crippen molar-refractivity contribution in [3.63, 3.8) is 0 Å². The summed E-state index contributed by atoms with van der Waals surface area (Å²) in [6.07, 6.45) is 3.65. The molecule has 3 heteroatoms. The van der Waals surface area contributed by atoms with Gasteiger partial charge in [-0.15, -0.1) is 0 Å². The molecule has 1 aromatic heterocycles. The Bertz CT molecular complexity index is 269. The third-order valence-electron chi connectivity index (χ3n) is 2.69. The summed E-state index contributed by atoms with van der Waals surface area (Å²) in [4.78, 5) is 4.02. The summed E-state index contributed by atoms with van der Waals surface area (Å²) >= 11 is 0. The van der Waals surface area contributed by atoms with E-state index in [0.29, 0.717) is 0 Å². The lowest BCUT2D eigenvalue weighted by Crippen LogP contribution is -2.47. The zero-order valence-corrected chi connectivity index (χ0v) is 9.33. The average molecular weight is 193 g/mol. The van der Waals surface area contributed by atoms with Crippen LogP contribution in [-0.4, -0.2) is 24.6 Å². The molecule has 0 aliphatic heterocycles. The maximum atomic E-state index is 4.02. The summed E-state index contributed by atoms with van der Waals surface area (Å²) in [6.45, 7) is 4.35. The summed E-state index contributed by atoms with van der Waals surface area (Å²) in [6, 6.07) is 4.37. The molecule has 0 radical (unpaired) electrons. The van der Waals surface area contributed by atoms with Crippen LogP contribution in [0.15, 0.2) is 24.5 Å². The van der Waals surface area contributed by atoms with Crippen molar-refractivity contribution < 1.29 is 0 Å². The van der Waals surface area contributed by atoms with Gasteiger partial charge in [0.25, 0.3) is 0 Å². The molecule has 2 N–H and O–H groups in total. The molecule has 0 aromatic carbocycles. The highest BCUT2D eigenvalue weighted by Crippen LogP contribution is 2.23. The van der Waals surface area contributed by atoms with E-state index in [1.54, 1.807) is 0 Å². The van der Waals surface area contributed by atoms with Crippen LogP contribution in [0.1, 0.15) is 25.5 Å². The molecule has 0 spiro atoms. The van der Waals surface area contributed by atoms with Crippen molar-refractivity contribution in [1.82, 2.24) is 15.6 Å². The van der Waals surface area contributed by atoms with Crippen LogP contribution in [0.25, 0.3) is 0 Å². The van der Waals surface area contributed by atoms with Gasteiger partial charge in [-0.2, -0.15) is 0 Å². The lowest BCUT2D eigenvalue weighted by Gasteiger charge is -2.34. The minimum atomic E-state index is 0.0239. The fraction of sp³-hybridized carbons (Fsp3) is 0.545. The molecule has 0 amide bonds. The fourth-order valence-electron chi connectivity index (χ4n) is 1.64. The number of rotatable bonds is 4. The molecular formula is C11H19N3. The van der Waals surface area contributed by atoms with E-state index in [2.05, 4.69) is 29.5 Å². The highest BCUT2D eigenvalue weighted by atomic mass is 15.0. The van der Waals surface area contributed by atoms with E-state index in [4.69, 9.17) is 0 Å². The lowest BCUT2D eigenvalue weighted by molar-refractivity contribution is 0.311. The second kappa shape index (κ2) is 4.53. The molecule has 0 saturated carbocycles. The Labute approximate surface area is 85.9 Å². The van der Waals surface area contributed by atoms with Crippen LogP contribution >= 0.6 is 0 Å². The molecule has 14 heavy (non-hydrogen) atoms. The van der Waals surface area contributed by atoms with Crippen LogP contribution in [-0.2, 0) is 0 Å². The minimum Gasteiger partial charge on any atom is -0.313 e. The smallest absolute Gasteiger partial charge is 0.0498 e. The van der Waals surface area contributed by atoms with Gasteiger partial charge in [0.2, 0.25) is 0 Å². The number of hydrogen-bond acceptors (Lipinski definition) is 3. The van der Waals surface area contributed by atoms with Gasteiger partial charge in [-0.05, 0) is 45.6 Å². The number of nitrogens with one attached hydrogen (secondary N) is 2. The van der Waals surface area contributed by atoms with Gasteiger partial charge in [0.15, 0.2) is 0 Å². The van der Waals surface area contributed by atoms with E-state index < -0.39 is 0 Å². The van der Waals surface area contributed by atoms with Crippen LogP contribution in [0.4, 0.5) is 0 Å². The van der Waals surface area contributed by atoms with Crippen LogP contribution in [0, 0.1) is 0 Å². The van der Waals surface area contributed by atoms with E-state index in [0.717, 1.165) is 0 Å². The molecule has 1 rings (SSSR count). The van der Waals surface area contributed by atoms with Gasteiger partial charge in [0.1, 0.15) is 0 Å². The van der Waals surface area contributed by atoms with E-state index >= 15 is 0 Å². The molecule has 1 unspecified atom stereocenters. The summed E-state index contributed by atoms with van der Waals surface area (Å²) in [5.41, 5.74) is 1.28. The molecule has 0 saturated heterocycles. The molecule has 3 nitrogen and oxygen atoms in total. The molecule has 0 bridgehead atoms. The number of likely N-dealkylation sites (N-methyl/N-ethyl adjacent to an activating group) is 2. The van der Waals surface area contributed by atoms with Crippen molar-refractivity contribution in [3.05, 3.63) is 30.1 Å². The van der Waals surface area contributed by atoms with Gasteiger partial charge in [-0.1, -0.05) is 0 Å². The Hall–Kier alpha value is -0.930. The topological polar surface area (TPSA) is 37.0 Å². The van der Waals surface area contributed by atoms with Crippen molar-refractivity contribution in [2.75, 3.05) is 14.1 Å². The first-order valence-corrected chi connectivity index (χ1v) is 4.88. The van der Waals surface area contributed by atoms with E-state index in [9.17, 15) is 0 Å². The van der Waals surface area contributed by atoms with Gasteiger partial charge in [0.05, 0.1) is 0 Å². The zero-order valence-electron chi connectivity index (χ0n) is 9.33. The Balaban J connectivity index is 2.93. The summed E-state index contributed by atoms with van der Waals surface area (Å²) in [5.74, 6) is 0. The van der Waals surface area contributed by atoms with Gasteiger partial charge in [-0.3, -0.25) is 4.98 Å². The summed E-state index contributed by atoms with van der Waals surface area (Å²) in [5, 5.41) is 6.63. The first-order chi connectivity index (χ1) is 6.61. The second-order valence-corrected chi connectivity index (χ2v) is 3.97. The van der Waals surface area contributed by atoms with E-state index in [1.165, 1.54) is 5.56 Å². The van der Waals surface area contributed by atoms with Crippen molar-refractivity contribution in [2.24, 2.45) is 0 Å². The predicted octanol–water partition coefficient (Wildman–Crippen LogP) is 1.34. The maximum Gasteiger partial charge on any atom is 0.0498 e. The van der Waals surface area contributed by atoms with Gasteiger partial charge >= 0.3 is 0 Å². The molecule has 0 aliphatic carbocycles. The number of pyridine rings is 1. The predicted molar refractivity (Wildman–Crippen MR) is 59.2 cm³/mol. The summed E-state index contributed by atoms with van der Waals surface area (Å²) in [7, 11) is 3.95. The second-order valence-electron chi connectivity index (χ2n) is 3.97. The monoisotopic (exact) mass is 193 g/mol. The highest BCUT2D eigenvalue weighted by Gasteiger charge is 2.27. The molecule has 0 fully saturated rings. The SMILES string of the molecule is CNC(c1ccncc1)C(C)(C)NC. The summed E-state index contributed by atoms with van der Waals surface area (Å²) < 4.78 is 0. The van der Waals surface area contributed by atoms with Gasteiger partial charge in [0, 0.05) is 24.0 Å². The average Bonchev–Trinajstić information content (AvgIpc) is 2.20. The Morgan fingerprint density at radius 3 is 2.21 bits per heavy atom. The molecule has 1 aromatic rings. The van der Waals surface area contributed by atoms with Crippen LogP contribution in [0.2, 0.25) is 0 Å². The molecule has 78 valence electrons. The Morgan fingerprint density at radius 1 is 1.21 bits per heavy atom. The molecular weight excluding hydrogens is 174 g/mol. The van der Waals surface area contributed by atoms with Crippen molar-refractivity contribution in [2.45, 2.75) is 25.4 Å². The lowest BCUT2D eigenvalue weighted by atomic mass is 9.89. The minimum absolute atomic E-state index is 0.0239. The highest BCUT2D eigenvalue weighted by molar-refractivity contribution is 5.19. The number of aromatic nitrogens is 1. The largest absolute Gasteiger partial charge is 0.313 e. The molecule has 0 aliphatic rings. The maximum absolute atomic E-state index is 4.02. The first kappa shape index (κ1) is 11.1. The third-order valence-corrected chi connectivity index (χ3v) is 2.69. The van der Waals surface area contributed by atoms with E-state index in [1.807, 2.05) is 38.6 Å². The standard InChI is InChI=1S/C11H19N3/c1-11(2,13-4)10(12-3)9-5-7-14-8-6-9/h5-8,10,12-13H,1-4H3. The van der Waals surface area contributed by atoms with Crippen molar-refractivity contribution >= 4 is 0 Å². The first-order valence-electron chi connectivity index (χ1n) is 4.88.